The Balaban J connectivity index is 1.43. The van der Waals surface area contributed by atoms with Gasteiger partial charge in [-0.1, -0.05) is 18.2 Å². The van der Waals surface area contributed by atoms with Gasteiger partial charge in [0.05, 0.1) is 17.6 Å². The van der Waals surface area contributed by atoms with E-state index in [1.165, 1.54) is 0 Å². The van der Waals surface area contributed by atoms with Crippen LogP contribution in [0.2, 0.25) is 0 Å². The SMILES string of the molecule is CN(Cc1nc2ccccc2[nH]1)C(=O)c1cccc(NC(=O)[C@@H]2CCCO2)c1. The van der Waals surface area contributed by atoms with Crippen LogP contribution in [0.25, 0.3) is 11.0 Å². The first-order valence-corrected chi connectivity index (χ1v) is 9.32. The van der Waals surface area contributed by atoms with E-state index in [4.69, 9.17) is 4.74 Å². The van der Waals surface area contributed by atoms with E-state index in [1.807, 2.05) is 24.3 Å². The van der Waals surface area contributed by atoms with Crippen LogP contribution in [0.15, 0.2) is 48.5 Å². The van der Waals surface area contributed by atoms with Gasteiger partial charge in [0.15, 0.2) is 0 Å². The third-order valence-corrected chi connectivity index (χ3v) is 4.77. The monoisotopic (exact) mass is 378 g/mol. The maximum absolute atomic E-state index is 12.8. The van der Waals surface area contributed by atoms with Crippen LogP contribution in [0.3, 0.4) is 0 Å². The number of hydrogen-bond acceptors (Lipinski definition) is 4. The Morgan fingerprint density at radius 3 is 2.89 bits per heavy atom. The van der Waals surface area contributed by atoms with Crippen LogP contribution >= 0.6 is 0 Å². The van der Waals surface area contributed by atoms with Crippen molar-refractivity contribution in [2.75, 3.05) is 19.0 Å². The van der Waals surface area contributed by atoms with Gasteiger partial charge >= 0.3 is 0 Å². The number of ether oxygens (including phenoxy) is 1. The number of rotatable bonds is 5. The molecule has 1 atom stereocenters. The molecule has 1 saturated heterocycles. The van der Waals surface area contributed by atoms with E-state index in [-0.39, 0.29) is 11.8 Å². The molecule has 0 bridgehead atoms. The van der Waals surface area contributed by atoms with Crippen LogP contribution < -0.4 is 5.32 Å². The Morgan fingerprint density at radius 2 is 2.11 bits per heavy atom. The van der Waals surface area contributed by atoms with Crippen LogP contribution in [0.1, 0.15) is 29.0 Å². The van der Waals surface area contributed by atoms with Crippen molar-refractivity contribution in [3.8, 4) is 0 Å². The molecule has 3 aromatic rings. The quantitative estimate of drug-likeness (QED) is 0.715. The number of hydrogen-bond donors (Lipinski definition) is 2. The zero-order valence-corrected chi connectivity index (χ0v) is 15.6. The number of para-hydroxylation sites is 2. The molecule has 0 unspecified atom stereocenters. The maximum atomic E-state index is 12.8. The molecule has 0 radical (unpaired) electrons. The molecule has 7 nitrogen and oxygen atoms in total. The second kappa shape index (κ2) is 7.82. The summed E-state index contributed by atoms with van der Waals surface area (Å²) in [6.45, 7) is 0.975. The summed E-state index contributed by atoms with van der Waals surface area (Å²) in [7, 11) is 1.73. The van der Waals surface area contributed by atoms with E-state index in [9.17, 15) is 9.59 Å². The molecule has 2 aromatic carbocycles. The van der Waals surface area contributed by atoms with E-state index >= 15 is 0 Å². The van der Waals surface area contributed by atoms with Crippen molar-refractivity contribution in [3.05, 3.63) is 59.9 Å². The molecule has 0 spiro atoms. The summed E-state index contributed by atoms with van der Waals surface area (Å²) in [6, 6.07) is 14.7. The summed E-state index contributed by atoms with van der Waals surface area (Å²) in [5, 5.41) is 2.83. The number of H-pyrrole nitrogens is 1. The summed E-state index contributed by atoms with van der Waals surface area (Å²) in [4.78, 5) is 34.3. The highest BCUT2D eigenvalue weighted by Gasteiger charge is 2.23. The van der Waals surface area contributed by atoms with Gasteiger partial charge in [-0.05, 0) is 43.2 Å². The highest BCUT2D eigenvalue weighted by Crippen LogP contribution is 2.18. The molecule has 7 heteroatoms. The minimum atomic E-state index is -0.407. The van der Waals surface area contributed by atoms with Crippen molar-refractivity contribution in [2.24, 2.45) is 0 Å². The summed E-state index contributed by atoms with van der Waals surface area (Å²) < 4.78 is 5.40. The first kappa shape index (κ1) is 18.2. The molecule has 1 aromatic heterocycles. The lowest BCUT2D eigenvalue weighted by Crippen LogP contribution is -2.28. The Hall–Kier alpha value is -3.19. The number of nitrogens with one attached hydrogen (secondary N) is 2. The largest absolute Gasteiger partial charge is 0.368 e. The fourth-order valence-corrected chi connectivity index (χ4v) is 3.33. The zero-order valence-electron chi connectivity index (χ0n) is 15.6. The van der Waals surface area contributed by atoms with E-state index in [1.54, 1.807) is 36.2 Å². The topological polar surface area (TPSA) is 87.3 Å². The van der Waals surface area contributed by atoms with E-state index in [0.717, 1.165) is 29.7 Å². The van der Waals surface area contributed by atoms with Crippen molar-refractivity contribution in [3.63, 3.8) is 0 Å². The molecule has 0 aliphatic carbocycles. The summed E-state index contributed by atoms with van der Waals surface area (Å²) in [5.74, 6) is 0.409. The van der Waals surface area contributed by atoms with Gasteiger partial charge in [-0.15, -0.1) is 0 Å². The standard InChI is InChI=1S/C21H22N4O3/c1-25(13-19-23-16-8-2-3-9-17(16)24-19)21(27)14-6-4-7-15(12-14)22-20(26)18-10-5-11-28-18/h2-4,6-9,12,18H,5,10-11,13H2,1H3,(H,22,26)(H,23,24)/t18-/m0/s1. The molecule has 0 saturated carbocycles. The van der Waals surface area contributed by atoms with Gasteiger partial charge in [0.25, 0.3) is 11.8 Å². The number of carbonyl (C=O) groups excluding carboxylic acids is 2. The van der Waals surface area contributed by atoms with Gasteiger partial charge in [-0.2, -0.15) is 0 Å². The minimum Gasteiger partial charge on any atom is -0.368 e. The van der Waals surface area contributed by atoms with Crippen molar-refractivity contribution in [1.82, 2.24) is 14.9 Å². The number of aromatic nitrogens is 2. The average Bonchev–Trinajstić information content (AvgIpc) is 3.37. The molecule has 144 valence electrons. The third kappa shape index (κ3) is 3.89. The molecular formula is C21H22N4O3. The summed E-state index contributed by atoms with van der Waals surface area (Å²) in [5.41, 5.74) is 2.90. The van der Waals surface area contributed by atoms with Gasteiger partial charge < -0.3 is 19.9 Å². The molecular weight excluding hydrogens is 356 g/mol. The van der Waals surface area contributed by atoms with Gasteiger partial charge in [0.1, 0.15) is 11.9 Å². The number of amides is 2. The van der Waals surface area contributed by atoms with Crippen molar-refractivity contribution < 1.29 is 14.3 Å². The fraction of sp³-hybridized carbons (Fsp3) is 0.286. The van der Waals surface area contributed by atoms with Crippen molar-refractivity contribution in [2.45, 2.75) is 25.5 Å². The van der Waals surface area contributed by atoms with Crippen LogP contribution in [0.4, 0.5) is 5.69 Å². The van der Waals surface area contributed by atoms with Gasteiger partial charge in [0.2, 0.25) is 0 Å². The fourth-order valence-electron chi connectivity index (χ4n) is 3.33. The van der Waals surface area contributed by atoms with Crippen molar-refractivity contribution in [1.29, 1.82) is 0 Å². The summed E-state index contributed by atoms with van der Waals surface area (Å²) >= 11 is 0. The maximum Gasteiger partial charge on any atom is 0.254 e. The molecule has 2 N–H and O–H groups in total. The Kier molecular flexibility index (Phi) is 5.08. The highest BCUT2D eigenvalue weighted by atomic mass is 16.5. The first-order chi connectivity index (χ1) is 13.6. The molecule has 1 fully saturated rings. The average molecular weight is 378 g/mol. The predicted octanol–water partition coefficient (Wildman–Crippen LogP) is 2.95. The summed E-state index contributed by atoms with van der Waals surface area (Å²) in [6.07, 6.45) is 1.21. The predicted molar refractivity (Wildman–Crippen MR) is 106 cm³/mol. The second-order valence-electron chi connectivity index (χ2n) is 6.93. The Bertz CT molecular complexity index is 975. The smallest absolute Gasteiger partial charge is 0.254 e. The number of nitrogens with zero attached hydrogens (tertiary/aromatic N) is 2. The number of anilines is 1. The molecule has 1 aliphatic rings. The van der Waals surface area contributed by atoms with Crippen LogP contribution in [0.5, 0.6) is 0 Å². The lowest BCUT2D eigenvalue weighted by atomic mass is 10.1. The number of imidazole rings is 1. The molecule has 1 aliphatic heterocycles. The van der Waals surface area contributed by atoms with E-state index in [0.29, 0.717) is 24.4 Å². The van der Waals surface area contributed by atoms with E-state index in [2.05, 4.69) is 15.3 Å². The Labute approximate surface area is 162 Å². The van der Waals surface area contributed by atoms with Crippen LogP contribution in [-0.2, 0) is 16.1 Å². The second-order valence-corrected chi connectivity index (χ2v) is 6.93. The van der Waals surface area contributed by atoms with Crippen LogP contribution in [0, 0.1) is 0 Å². The third-order valence-electron chi connectivity index (χ3n) is 4.77. The van der Waals surface area contributed by atoms with Crippen molar-refractivity contribution >= 4 is 28.5 Å². The van der Waals surface area contributed by atoms with E-state index < -0.39 is 6.10 Å². The lowest BCUT2D eigenvalue weighted by molar-refractivity contribution is -0.124. The minimum absolute atomic E-state index is 0.145. The number of carbonyl (C=O) groups is 2. The Morgan fingerprint density at radius 1 is 1.25 bits per heavy atom. The number of aromatic amines is 1. The lowest BCUT2D eigenvalue weighted by Gasteiger charge is -2.17. The molecule has 4 rings (SSSR count). The molecule has 2 amide bonds. The highest BCUT2D eigenvalue weighted by molar-refractivity contribution is 5.98. The zero-order chi connectivity index (χ0) is 19.5. The molecule has 2 heterocycles. The van der Waals surface area contributed by atoms with Gasteiger partial charge in [-0.3, -0.25) is 9.59 Å². The number of benzene rings is 2. The van der Waals surface area contributed by atoms with Crippen LogP contribution in [-0.4, -0.2) is 46.4 Å². The first-order valence-electron chi connectivity index (χ1n) is 9.32. The molecule has 28 heavy (non-hydrogen) atoms. The number of fused-ring (bicyclic) bond motifs is 1. The normalized spacial score (nSPS) is 16.2. The van der Waals surface area contributed by atoms with Gasteiger partial charge in [0, 0.05) is 24.9 Å². The van der Waals surface area contributed by atoms with Gasteiger partial charge in [-0.25, -0.2) is 4.98 Å².